The van der Waals surface area contributed by atoms with Crippen molar-refractivity contribution in [3.8, 4) is 0 Å². The molecule has 0 bridgehead atoms. The standard InChI is InChI=1S/C14H16FN3O2/c1-7-4-10(16)5-11(13(7)15)14(19)17-6-12-8(2)18-20-9(12)3/h4-5H,6,16H2,1-3H3,(H,17,19). The fraction of sp³-hybridized carbons (Fsp3) is 0.286. The number of carbonyl (C=O) groups excluding carboxylic acids is 1. The van der Waals surface area contributed by atoms with Crippen LogP contribution in [0.5, 0.6) is 0 Å². The van der Waals surface area contributed by atoms with Gasteiger partial charge >= 0.3 is 0 Å². The number of anilines is 1. The molecule has 0 spiro atoms. The summed E-state index contributed by atoms with van der Waals surface area (Å²) in [6.45, 7) is 5.33. The molecule has 0 saturated carbocycles. The number of nitrogen functional groups attached to an aromatic ring is 1. The Hall–Kier alpha value is -2.37. The first-order valence-electron chi connectivity index (χ1n) is 6.15. The maximum absolute atomic E-state index is 13.9. The largest absolute Gasteiger partial charge is 0.399 e. The van der Waals surface area contributed by atoms with Crippen LogP contribution in [-0.2, 0) is 6.54 Å². The summed E-state index contributed by atoms with van der Waals surface area (Å²) >= 11 is 0. The van der Waals surface area contributed by atoms with Crippen LogP contribution >= 0.6 is 0 Å². The number of nitrogens with two attached hydrogens (primary N) is 1. The van der Waals surface area contributed by atoms with E-state index in [1.807, 2.05) is 0 Å². The van der Waals surface area contributed by atoms with E-state index < -0.39 is 11.7 Å². The average molecular weight is 277 g/mol. The molecule has 0 unspecified atom stereocenters. The second-order valence-electron chi connectivity index (χ2n) is 4.68. The van der Waals surface area contributed by atoms with Gasteiger partial charge in [0.1, 0.15) is 11.6 Å². The van der Waals surface area contributed by atoms with Crippen LogP contribution in [0.1, 0.15) is 32.9 Å². The Morgan fingerprint density at radius 2 is 2.10 bits per heavy atom. The fourth-order valence-corrected chi connectivity index (χ4v) is 1.98. The van der Waals surface area contributed by atoms with Gasteiger partial charge in [0.2, 0.25) is 0 Å². The van der Waals surface area contributed by atoms with E-state index in [1.165, 1.54) is 12.1 Å². The molecule has 0 radical (unpaired) electrons. The van der Waals surface area contributed by atoms with Crippen LogP contribution in [0.3, 0.4) is 0 Å². The van der Waals surface area contributed by atoms with Crippen LogP contribution < -0.4 is 11.1 Å². The second kappa shape index (κ2) is 5.32. The molecule has 1 aromatic carbocycles. The second-order valence-corrected chi connectivity index (χ2v) is 4.68. The maximum Gasteiger partial charge on any atom is 0.254 e. The summed E-state index contributed by atoms with van der Waals surface area (Å²) in [5, 5.41) is 6.44. The third kappa shape index (κ3) is 2.64. The van der Waals surface area contributed by atoms with E-state index in [-0.39, 0.29) is 12.1 Å². The van der Waals surface area contributed by atoms with Crippen molar-refractivity contribution in [2.75, 3.05) is 5.73 Å². The van der Waals surface area contributed by atoms with Crippen molar-refractivity contribution in [3.05, 3.63) is 46.1 Å². The van der Waals surface area contributed by atoms with Crippen LogP contribution in [0.25, 0.3) is 0 Å². The fourth-order valence-electron chi connectivity index (χ4n) is 1.98. The molecule has 2 aromatic rings. The minimum absolute atomic E-state index is 0.0609. The van der Waals surface area contributed by atoms with Gasteiger partial charge in [0.05, 0.1) is 11.3 Å². The van der Waals surface area contributed by atoms with E-state index >= 15 is 0 Å². The SMILES string of the molecule is Cc1cc(N)cc(C(=O)NCc2c(C)noc2C)c1F. The van der Waals surface area contributed by atoms with E-state index in [2.05, 4.69) is 10.5 Å². The summed E-state index contributed by atoms with van der Waals surface area (Å²) in [4.78, 5) is 12.0. The highest BCUT2D eigenvalue weighted by molar-refractivity contribution is 5.95. The summed E-state index contributed by atoms with van der Waals surface area (Å²) in [6, 6.07) is 2.81. The summed E-state index contributed by atoms with van der Waals surface area (Å²) in [7, 11) is 0. The monoisotopic (exact) mass is 277 g/mol. The zero-order chi connectivity index (χ0) is 14.9. The number of carbonyl (C=O) groups is 1. The van der Waals surface area contributed by atoms with Gasteiger partial charge in [-0.15, -0.1) is 0 Å². The normalized spacial score (nSPS) is 10.6. The van der Waals surface area contributed by atoms with Gasteiger partial charge in [0, 0.05) is 17.8 Å². The minimum Gasteiger partial charge on any atom is -0.399 e. The van der Waals surface area contributed by atoms with E-state index in [1.54, 1.807) is 20.8 Å². The predicted octanol–water partition coefficient (Wildman–Crippen LogP) is 2.25. The van der Waals surface area contributed by atoms with Gasteiger partial charge in [-0.25, -0.2) is 4.39 Å². The van der Waals surface area contributed by atoms with E-state index in [4.69, 9.17) is 10.3 Å². The van der Waals surface area contributed by atoms with Gasteiger partial charge in [0.15, 0.2) is 0 Å². The Balaban J connectivity index is 2.17. The Labute approximate surface area is 115 Å². The molecule has 1 heterocycles. The molecular formula is C14H16FN3O2. The van der Waals surface area contributed by atoms with Gasteiger partial charge in [-0.1, -0.05) is 5.16 Å². The number of benzene rings is 1. The number of rotatable bonds is 3. The zero-order valence-corrected chi connectivity index (χ0v) is 11.6. The van der Waals surface area contributed by atoms with Crippen molar-refractivity contribution < 1.29 is 13.7 Å². The van der Waals surface area contributed by atoms with Crippen LogP contribution in [0, 0.1) is 26.6 Å². The highest BCUT2D eigenvalue weighted by atomic mass is 19.1. The van der Waals surface area contributed by atoms with Gasteiger partial charge < -0.3 is 15.6 Å². The molecule has 6 heteroatoms. The average Bonchev–Trinajstić information content (AvgIpc) is 2.70. The highest BCUT2D eigenvalue weighted by Gasteiger charge is 2.16. The smallest absolute Gasteiger partial charge is 0.254 e. The number of nitrogens with one attached hydrogen (secondary N) is 1. The molecule has 0 saturated heterocycles. The summed E-state index contributed by atoms with van der Waals surface area (Å²) < 4.78 is 18.9. The number of aromatic nitrogens is 1. The van der Waals surface area contributed by atoms with Crippen molar-refractivity contribution in [1.82, 2.24) is 10.5 Å². The molecule has 20 heavy (non-hydrogen) atoms. The van der Waals surface area contributed by atoms with Crippen LogP contribution in [0.2, 0.25) is 0 Å². The zero-order valence-electron chi connectivity index (χ0n) is 11.6. The third-order valence-corrected chi connectivity index (χ3v) is 3.13. The number of hydrogen-bond donors (Lipinski definition) is 2. The molecule has 3 N–H and O–H groups in total. The number of halogens is 1. The molecule has 0 aliphatic carbocycles. The van der Waals surface area contributed by atoms with Crippen LogP contribution in [-0.4, -0.2) is 11.1 Å². The Kier molecular flexibility index (Phi) is 3.74. The Morgan fingerprint density at radius 1 is 1.40 bits per heavy atom. The van der Waals surface area contributed by atoms with Gasteiger partial charge in [-0.3, -0.25) is 4.79 Å². The number of amides is 1. The van der Waals surface area contributed by atoms with Crippen molar-refractivity contribution in [3.63, 3.8) is 0 Å². The van der Waals surface area contributed by atoms with Crippen LogP contribution in [0.4, 0.5) is 10.1 Å². The maximum atomic E-state index is 13.9. The van der Waals surface area contributed by atoms with Crippen molar-refractivity contribution in [2.45, 2.75) is 27.3 Å². The molecule has 5 nitrogen and oxygen atoms in total. The highest BCUT2D eigenvalue weighted by Crippen LogP contribution is 2.17. The van der Waals surface area contributed by atoms with Crippen LogP contribution in [0.15, 0.2) is 16.7 Å². The minimum atomic E-state index is -0.560. The van der Waals surface area contributed by atoms with Crippen molar-refractivity contribution in [1.29, 1.82) is 0 Å². The van der Waals surface area contributed by atoms with Gasteiger partial charge in [0.25, 0.3) is 5.91 Å². The third-order valence-electron chi connectivity index (χ3n) is 3.13. The number of aryl methyl sites for hydroxylation is 3. The van der Waals surface area contributed by atoms with Crippen molar-refractivity contribution >= 4 is 11.6 Å². The quantitative estimate of drug-likeness (QED) is 0.843. The molecule has 1 aromatic heterocycles. The van der Waals surface area contributed by atoms with Crippen molar-refractivity contribution in [2.24, 2.45) is 0 Å². The summed E-state index contributed by atoms with van der Waals surface area (Å²) in [6.07, 6.45) is 0. The van der Waals surface area contributed by atoms with Gasteiger partial charge in [-0.2, -0.15) is 0 Å². The molecule has 1 amide bonds. The molecule has 0 fully saturated rings. The van der Waals surface area contributed by atoms with E-state index in [9.17, 15) is 9.18 Å². The first-order valence-corrected chi connectivity index (χ1v) is 6.15. The first kappa shape index (κ1) is 14.0. The summed E-state index contributed by atoms with van der Waals surface area (Å²) in [5.41, 5.74) is 7.76. The first-order chi connectivity index (χ1) is 9.40. The predicted molar refractivity (Wildman–Crippen MR) is 72.7 cm³/mol. The lowest BCUT2D eigenvalue weighted by Crippen LogP contribution is -2.24. The molecule has 0 atom stereocenters. The number of hydrogen-bond acceptors (Lipinski definition) is 4. The molecular weight excluding hydrogens is 261 g/mol. The molecule has 0 aliphatic rings. The Bertz CT molecular complexity index is 645. The number of nitrogens with zero attached hydrogens (tertiary/aromatic N) is 1. The lowest BCUT2D eigenvalue weighted by Gasteiger charge is -2.08. The molecule has 0 aliphatic heterocycles. The summed E-state index contributed by atoms with van der Waals surface area (Å²) in [5.74, 6) is -0.444. The van der Waals surface area contributed by atoms with E-state index in [0.717, 1.165) is 5.56 Å². The lowest BCUT2D eigenvalue weighted by molar-refractivity contribution is 0.0946. The molecule has 2 rings (SSSR count). The lowest BCUT2D eigenvalue weighted by atomic mass is 10.1. The molecule has 106 valence electrons. The topological polar surface area (TPSA) is 81.2 Å². The van der Waals surface area contributed by atoms with Gasteiger partial charge in [-0.05, 0) is 38.5 Å². The Morgan fingerprint density at radius 3 is 2.70 bits per heavy atom. The van der Waals surface area contributed by atoms with E-state index in [0.29, 0.717) is 22.7 Å².